The van der Waals surface area contributed by atoms with Crippen LogP contribution in [0.4, 0.5) is 0 Å². The van der Waals surface area contributed by atoms with E-state index in [-0.39, 0.29) is 24.2 Å². The fraction of sp³-hybridized carbons (Fsp3) is 0.167. The predicted octanol–water partition coefficient (Wildman–Crippen LogP) is 4.79. The topological polar surface area (TPSA) is 72.0 Å². The summed E-state index contributed by atoms with van der Waals surface area (Å²) < 4.78 is 11.2. The fourth-order valence-electron chi connectivity index (χ4n) is 6.04. The Balaban J connectivity index is 1.83. The first kappa shape index (κ1) is 15.2. The van der Waals surface area contributed by atoms with Gasteiger partial charge in [0.1, 0.15) is 18.3 Å². The molecule has 8 rings (SSSR count). The van der Waals surface area contributed by atoms with Crippen LogP contribution >= 0.6 is 0 Å². The van der Waals surface area contributed by atoms with Crippen molar-refractivity contribution in [1.29, 1.82) is 5.41 Å². The molecule has 0 aliphatic carbocycles. The Labute approximate surface area is 170 Å². The van der Waals surface area contributed by atoms with E-state index >= 15 is 0 Å². The lowest BCUT2D eigenvalue weighted by molar-refractivity contribution is -0.0229. The summed E-state index contributed by atoms with van der Waals surface area (Å²) in [5.74, 6) is -0.00100. The van der Waals surface area contributed by atoms with Crippen molar-refractivity contribution in [3.8, 4) is 0 Å². The lowest BCUT2D eigenvalue weighted by Gasteiger charge is -2.15. The summed E-state index contributed by atoms with van der Waals surface area (Å²) in [6.07, 6.45) is 1.78. The third kappa shape index (κ3) is 1.46. The largest absolute Gasteiger partial charge is 0.335 e. The van der Waals surface area contributed by atoms with Gasteiger partial charge in [0.15, 0.2) is 0 Å². The number of hydrogen-bond donors (Lipinski definition) is 2. The zero-order chi connectivity index (χ0) is 19.7. The Hall–Kier alpha value is -3.64. The van der Waals surface area contributed by atoms with Gasteiger partial charge in [-0.2, -0.15) is 0 Å². The lowest BCUT2D eigenvalue weighted by atomic mass is 9.96. The van der Waals surface area contributed by atoms with Crippen LogP contribution in [0, 0.1) is 5.41 Å². The van der Waals surface area contributed by atoms with Crippen LogP contribution in [0.1, 0.15) is 41.2 Å². The molecular formula is C24H16N4O2. The number of carbonyl (C=O) groups is 1. The van der Waals surface area contributed by atoms with Crippen LogP contribution in [-0.2, 0) is 4.74 Å². The van der Waals surface area contributed by atoms with Gasteiger partial charge < -0.3 is 19.2 Å². The number of hydrogen-bond acceptors (Lipinski definition) is 3. The monoisotopic (exact) mass is 392 g/mol. The van der Waals surface area contributed by atoms with Gasteiger partial charge in [-0.05, 0) is 25.0 Å². The summed E-state index contributed by atoms with van der Waals surface area (Å²) in [5.41, 5.74) is 5.65. The van der Waals surface area contributed by atoms with Gasteiger partial charge in [-0.3, -0.25) is 10.2 Å². The molecule has 2 atom stereocenters. The van der Waals surface area contributed by atoms with Crippen LogP contribution in [-0.4, -0.2) is 20.9 Å². The van der Waals surface area contributed by atoms with Crippen LogP contribution in [0.3, 0.4) is 0 Å². The van der Waals surface area contributed by atoms with Gasteiger partial charge in [0, 0.05) is 27.1 Å². The lowest BCUT2D eigenvalue weighted by Crippen LogP contribution is -2.20. The van der Waals surface area contributed by atoms with Crippen LogP contribution < -0.4 is 5.32 Å². The van der Waals surface area contributed by atoms with E-state index in [2.05, 4.69) is 38.7 Å². The average molecular weight is 392 g/mol. The Morgan fingerprint density at radius 1 is 0.833 bits per heavy atom. The molecule has 0 spiro atoms. The van der Waals surface area contributed by atoms with Crippen molar-refractivity contribution < 1.29 is 9.53 Å². The predicted molar refractivity (Wildman–Crippen MR) is 115 cm³/mol. The maximum atomic E-state index is 13.1. The van der Waals surface area contributed by atoms with Gasteiger partial charge in [-0.1, -0.05) is 36.4 Å². The summed E-state index contributed by atoms with van der Waals surface area (Å²) in [7, 11) is 0. The van der Waals surface area contributed by atoms with E-state index in [9.17, 15) is 4.79 Å². The molecule has 3 aliphatic rings. The fourth-order valence-corrected chi connectivity index (χ4v) is 6.04. The number of benzene rings is 3. The minimum Gasteiger partial charge on any atom is -0.335 e. The van der Waals surface area contributed by atoms with E-state index in [1.165, 1.54) is 0 Å². The summed E-state index contributed by atoms with van der Waals surface area (Å²) in [6, 6.07) is 16.5. The first-order valence-electron chi connectivity index (χ1n) is 10.3. The van der Waals surface area contributed by atoms with Gasteiger partial charge in [-0.25, -0.2) is 0 Å². The number of amides is 1. The molecular weight excluding hydrogens is 376 g/mol. The number of amidine groups is 1. The van der Waals surface area contributed by atoms with Crippen molar-refractivity contribution in [2.45, 2.75) is 25.3 Å². The second kappa shape index (κ2) is 4.74. The molecule has 5 aromatic rings. The Morgan fingerprint density at radius 3 is 1.97 bits per heavy atom. The van der Waals surface area contributed by atoms with E-state index < -0.39 is 0 Å². The molecule has 2 aromatic heterocycles. The summed E-state index contributed by atoms with van der Waals surface area (Å²) in [4.78, 5) is 13.1. The molecule has 0 saturated carbocycles. The second-order valence-corrected chi connectivity index (χ2v) is 8.42. The quantitative estimate of drug-likeness (QED) is 0.398. The Bertz CT molecular complexity index is 1530. The molecule has 30 heavy (non-hydrogen) atoms. The number of fused-ring (bicyclic) bond motifs is 13. The SMILES string of the molecule is N=C1NC(=O)c2c1c1c3ccccc3n3c1c1c2c2ccccc2n1[C@@H]1CCC3O1. The zero-order valence-electron chi connectivity index (χ0n) is 15.9. The highest BCUT2D eigenvalue weighted by Gasteiger charge is 2.41. The molecule has 6 nitrogen and oxygen atoms in total. The number of para-hydroxylation sites is 2. The molecule has 6 heteroatoms. The van der Waals surface area contributed by atoms with E-state index in [1.807, 2.05) is 24.3 Å². The molecule has 2 bridgehead atoms. The molecule has 1 amide bonds. The van der Waals surface area contributed by atoms with Gasteiger partial charge in [0.2, 0.25) is 0 Å². The standard InChI is InChI=1S/C24H16N4O2/c25-23-19-17-11-5-1-3-7-13(11)27-15-9-10-16(30-15)28-14-8-4-2-6-12(14)18(22(28)21(17)27)20(19)24(29)26-23/h1-8,15-16H,9-10H2,(H2,25,26,29)/t15?,16-/m0/s1. The molecule has 5 heterocycles. The number of ether oxygens (including phenoxy) is 1. The van der Waals surface area contributed by atoms with Gasteiger partial charge in [0.05, 0.1) is 27.6 Å². The van der Waals surface area contributed by atoms with Crippen LogP contribution in [0.15, 0.2) is 48.5 Å². The summed E-state index contributed by atoms with van der Waals surface area (Å²) in [5, 5.41) is 15.4. The summed E-state index contributed by atoms with van der Waals surface area (Å²) in [6.45, 7) is 0. The normalized spacial score (nSPS) is 22.0. The Kier molecular flexibility index (Phi) is 2.41. The molecule has 1 saturated heterocycles. The number of nitrogens with zero attached hydrogens (tertiary/aromatic N) is 2. The van der Waals surface area contributed by atoms with Crippen molar-refractivity contribution in [1.82, 2.24) is 14.5 Å². The van der Waals surface area contributed by atoms with Crippen LogP contribution in [0.25, 0.3) is 43.6 Å². The number of aromatic nitrogens is 2. The highest BCUT2D eigenvalue weighted by molar-refractivity contribution is 6.40. The molecule has 144 valence electrons. The first-order valence-corrected chi connectivity index (χ1v) is 10.3. The van der Waals surface area contributed by atoms with Crippen molar-refractivity contribution >= 4 is 55.4 Å². The summed E-state index contributed by atoms with van der Waals surface area (Å²) >= 11 is 0. The van der Waals surface area contributed by atoms with E-state index in [0.29, 0.717) is 5.56 Å². The van der Waals surface area contributed by atoms with Gasteiger partial charge in [0.25, 0.3) is 5.91 Å². The Morgan fingerprint density at radius 2 is 1.37 bits per heavy atom. The maximum Gasteiger partial charge on any atom is 0.258 e. The van der Waals surface area contributed by atoms with Crippen molar-refractivity contribution in [3.63, 3.8) is 0 Å². The number of nitrogens with one attached hydrogen (secondary N) is 2. The van der Waals surface area contributed by atoms with E-state index in [1.54, 1.807) is 0 Å². The molecule has 0 radical (unpaired) electrons. The first-order chi connectivity index (χ1) is 14.7. The molecule has 3 aliphatic heterocycles. The minimum atomic E-state index is -0.188. The van der Waals surface area contributed by atoms with Crippen molar-refractivity contribution in [3.05, 3.63) is 59.7 Å². The number of carbonyl (C=O) groups excluding carboxylic acids is 1. The smallest absolute Gasteiger partial charge is 0.258 e. The maximum absolute atomic E-state index is 13.1. The molecule has 1 fully saturated rings. The molecule has 2 N–H and O–H groups in total. The van der Waals surface area contributed by atoms with Gasteiger partial charge >= 0.3 is 0 Å². The van der Waals surface area contributed by atoms with Crippen LogP contribution in [0.2, 0.25) is 0 Å². The third-order valence-electron chi connectivity index (χ3n) is 7.06. The zero-order valence-corrected chi connectivity index (χ0v) is 15.9. The molecule has 1 unspecified atom stereocenters. The highest BCUT2D eigenvalue weighted by atomic mass is 16.5. The highest BCUT2D eigenvalue weighted by Crippen LogP contribution is 2.52. The van der Waals surface area contributed by atoms with Crippen molar-refractivity contribution in [2.75, 3.05) is 0 Å². The van der Waals surface area contributed by atoms with E-state index in [4.69, 9.17) is 10.1 Å². The second-order valence-electron chi connectivity index (χ2n) is 8.42. The van der Waals surface area contributed by atoms with E-state index in [0.717, 1.165) is 62.0 Å². The minimum absolute atomic E-state index is 0.0449. The van der Waals surface area contributed by atoms with Crippen molar-refractivity contribution in [2.24, 2.45) is 0 Å². The third-order valence-corrected chi connectivity index (χ3v) is 7.06. The van der Waals surface area contributed by atoms with Gasteiger partial charge in [-0.15, -0.1) is 0 Å². The van der Waals surface area contributed by atoms with Crippen LogP contribution in [0.5, 0.6) is 0 Å². The molecule has 3 aromatic carbocycles. The average Bonchev–Trinajstić information content (AvgIpc) is 3.46. The number of rotatable bonds is 0.